The van der Waals surface area contributed by atoms with Gasteiger partial charge in [0.05, 0.1) is 0 Å². The molecule has 0 spiro atoms. The number of benzene rings is 1. The average molecular weight is 297 g/mol. The quantitative estimate of drug-likeness (QED) is 0.808. The van der Waals surface area contributed by atoms with Crippen LogP contribution in [0.1, 0.15) is 24.9 Å². The molecule has 0 saturated carbocycles. The fraction of sp³-hybridized carbons (Fsp3) is 0.600. The summed E-state index contributed by atoms with van der Waals surface area (Å²) in [6.07, 6.45) is 0.836. The normalized spacial score (nSPS) is 16.8. The minimum atomic E-state index is 0.252. The number of nitrogens with one attached hydrogen (secondary N) is 1. The summed E-state index contributed by atoms with van der Waals surface area (Å²) < 4.78 is 11.2. The second kappa shape index (κ2) is 7.76. The molecule has 1 heterocycles. The summed E-state index contributed by atoms with van der Waals surface area (Å²) in [5.41, 5.74) is 1.21. The molecule has 0 radical (unpaired) electrons. The molecule has 1 aromatic carbocycles. The van der Waals surface area contributed by atoms with Crippen molar-refractivity contribution in [1.82, 2.24) is 5.32 Å². The van der Waals surface area contributed by atoms with Crippen molar-refractivity contribution < 1.29 is 14.6 Å². The Morgan fingerprint density at radius 3 is 2.75 bits per heavy atom. The number of aliphatic hydroxyl groups excluding tert-OH is 1. The maximum absolute atomic E-state index is 8.95. The zero-order valence-electron chi connectivity index (χ0n) is 12.1. The smallest absolute Gasteiger partial charge is 0.161 e. The van der Waals surface area contributed by atoms with Crippen molar-refractivity contribution in [3.05, 3.63) is 23.8 Å². The van der Waals surface area contributed by atoms with Gasteiger partial charge in [-0.15, -0.1) is 0 Å². The molecular weight excluding hydrogens is 274 g/mol. The molecule has 1 aliphatic rings. The molecule has 0 aliphatic carbocycles. The van der Waals surface area contributed by atoms with Crippen LogP contribution in [0.5, 0.6) is 11.5 Å². The standard InChI is InChI=1S/C15H23NO3S/c1-11(5-6-17)20-10-13(16-2)12-3-4-14-15(9-12)19-8-7-18-14/h3-4,9,11,13,16-17H,5-8,10H2,1-2H3. The van der Waals surface area contributed by atoms with Crippen LogP contribution < -0.4 is 14.8 Å². The Morgan fingerprint density at radius 2 is 2.05 bits per heavy atom. The Morgan fingerprint density at radius 1 is 1.30 bits per heavy atom. The first-order valence-corrected chi connectivity index (χ1v) is 8.08. The molecule has 2 N–H and O–H groups in total. The van der Waals surface area contributed by atoms with Gasteiger partial charge in [-0.1, -0.05) is 13.0 Å². The van der Waals surface area contributed by atoms with Crippen molar-refractivity contribution in [2.75, 3.05) is 32.6 Å². The highest BCUT2D eigenvalue weighted by molar-refractivity contribution is 7.99. The van der Waals surface area contributed by atoms with Gasteiger partial charge in [0, 0.05) is 23.7 Å². The lowest BCUT2D eigenvalue weighted by Crippen LogP contribution is -2.21. The number of thioether (sulfide) groups is 1. The van der Waals surface area contributed by atoms with Crippen molar-refractivity contribution in [3.8, 4) is 11.5 Å². The first-order valence-electron chi connectivity index (χ1n) is 7.04. The lowest BCUT2D eigenvalue weighted by molar-refractivity contribution is 0.171. The number of fused-ring (bicyclic) bond motifs is 1. The lowest BCUT2D eigenvalue weighted by atomic mass is 10.1. The van der Waals surface area contributed by atoms with E-state index in [-0.39, 0.29) is 12.6 Å². The highest BCUT2D eigenvalue weighted by Gasteiger charge is 2.16. The van der Waals surface area contributed by atoms with E-state index in [0.29, 0.717) is 18.5 Å². The summed E-state index contributed by atoms with van der Waals surface area (Å²) in [7, 11) is 1.97. The molecule has 5 heteroatoms. The van der Waals surface area contributed by atoms with Crippen LogP contribution in [0.25, 0.3) is 0 Å². The SMILES string of the molecule is CNC(CSC(C)CCO)c1ccc2c(c1)OCCO2. The number of aliphatic hydroxyl groups is 1. The highest BCUT2D eigenvalue weighted by atomic mass is 32.2. The molecular formula is C15H23NO3S. The third-order valence-corrected chi connectivity index (χ3v) is 4.73. The highest BCUT2D eigenvalue weighted by Crippen LogP contribution is 2.33. The van der Waals surface area contributed by atoms with E-state index in [1.54, 1.807) is 0 Å². The second-order valence-electron chi connectivity index (χ2n) is 4.90. The first kappa shape index (κ1) is 15.5. The van der Waals surface area contributed by atoms with Crippen molar-refractivity contribution in [2.24, 2.45) is 0 Å². The Hall–Kier alpha value is -0.910. The molecule has 2 rings (SSSR count). The Bertz CT molecular complexity index is 428. The second-order valence-corrected chi connectivity index (χ2v) is 6.37. The zero-order chi connectivity index (χ0) is 14.4. The van der Waals surface area contributed by atoms with Crippen LogP contribution in [-0.4, -0.2) is 43.0 Å². The van der Waals surface area contributed by atoms with E-state index in [2.05, 4.69) is 24.4 Å². The van der Waals surface area contributed by atoms with Crippen LogP contribution in [0.3, 0.4) is 0 Å². The number of ether oxygens (including phenoxy) is 2. The predicted molar refractivity (Wildman–Crippen MR) is 82.9 cm³/mol. The Kier molecular flexibility index (Phi) is 6.01. The lowest BCUT2D eigenvalue weighted by Gasteiger charge is -2.22. The molecule has 1 aliphatic heterocycles. The third kappa shape index (κ3) is 4.04. The molecule has 0 fully saturated rings. The van der Waals surface area contributed by atoms with Gasteiger partial charge in [-0.2, -0.15) is 11.8 Å². The van der Waals surface area contributed by atoms with Crippen LogP contribution in [-0.2, 0) is 0 Å². The van der Waals surface area contributed by atoms with Gasteiger partial charge < -0.3 is 19.9 Å². The van der Waals surface area contributed by atoms with Gasteiger partial charge in [0.2, 0.25) is 0 Å². The van der Waals surface area contributed by atoms with Crippen LogP contribution in [0.15, 0.2) is 18.2 Å². The topological polar surface area (TPSA) is 50.7 Å². The molecule has 2 atom stereocenters. The fourth-order valence-electron chi connectivity index (χ4n) is 2.15. The molecule has 0 bridgehead atoms. The van der Waals surface area contributed by atoms with Crippen molar-refractivity contribution in [1.29, 1.82) is 0 Å². The molecule has 1 aromatic rings. The van der Waals surface area contributed by atoms with E-state index in [4.69, 9.17) is 14.6 Å². The largest absolute Gasteiger partial charge is 0.486 e. The maximum atomic E-state index is 8.95. The van der Waals surface area contributed by atoms with E-state index in [9.17, 15) is 0 Å². The van der Waals surface area contributed by atoms with E-state index in [1.165, 1.54) is 5.56 Å². The van der Waals surface area contributed by atoms with Gasteiger partial charge in [0.1, 0.15) is 13.2 Å². The number of rotatable bonds is 7. The Labute approximate surface area is 124 Å². The van der Waals surface area contributed by atoms with E-state index >= 15 is 0 Å². The van der Waals surface area contributed by atoms with Gasteiger partial charge in [-0.05, 0) is 31.2 Å². The van der Waals surface area contributed by atoms with Crippen LogP contribution in [0.2, 0.25) is 0 Å². The fourth-order valence-corrected chi connectivity index (χ4v) is 3.30. The molecule has 0 amide bonds. The van der Waals surface area contributed by atoms with Gasteiger partial charge in [-0.25, -0.2) is 0 Å². The third-order valence-electron chi connectivity index (χ3n) is 3.40. The summed E-state index contributed by atoms with van der Waals surface area (Å²) in [4.78, 5) is 0. The van der Waals surface area contributed by atoms with Crippen LogP contribution in [0.4, 0.5) is 0 Å². The molecule has 0 aromatic heterocycles. The molecule has 112 valence electrons. The van der Waals surface area contributed by atoms with Crippen molar-refractivity contribution in [3.63, 3.8) is 0 Å². The van der Waals surface area contributed by atoms with Crippen LogP contribution >= 0.6 is 11.8 Å². The van der Waals surface area contributed by atoms with Crippen molar-refractivity contribution >= 4 is 11.8 Å². The zero-order valence-corrected chi connectivity index (χ0v) is 12.9. The summed E-state index contributed by atoms with van der Waals surface area (Å²) >= 11 is 1.87. The average Bonchev–Trinajstić information content (AvgIpc) is 2.48. The van der Waals surface area contributed by atoms with Gasteiger partial charge in [-0.3, -0.25) is 0 Å². The predicted octanol–water partition coefficient (Wildman–Crippen LogP) is 2.22. The summed E-state index contributed by atoms with van der Waals surface area (Å²) in [5.74, 6) is 2.63. The van der Waals surface area contributed by atoms with Crippen molar-refractivity contribution in [2.45, 2.75) is 24.6 Å². The van der Waals surface area contributed by atoms with E-state index < -0.39 is 0 Å². The number of hydrogen-bond acceptors (Lipinski definition) is 5. The van der Waals surface area contributed by atoms with E-state index in [1.807, 2.05) is 24.9 Å². The summed E-state index contributed by atoms with van der Waals surface area (Å²) in [5, 5.41) is 12.8. The van der Waals surface area contributed by atoms with Gasteiger partial charge in [0.25, 0.3) is 0 Å². The minimum Gasteiger partial charge on any atom is -0.486 e. The first-order chi connectivity index (χ1) is 9.74. The molecule has 0 saturated heterocycles. The molecule has 4 nitrogen and oxygen atoms in total. The molecule has 20 heavy (non-hydrogen) atoms. The Balaban J connectivity index is 2.00. The van der Waals surface area contributed by atoms with Gasteiger partial charge in [0.15, 0.2) is 11.5 Å². The van der Waals surface area contributed by atoms with Crippen LogP contribution in [0, 0.1) is 0 Å². The number of hydrogen-bond donors (Lipinski definition) is 2. The van der Waals surface area contributed by atoms with E-state index in [0.717, 1.165) is 23.7 Å². The summed E-state index contributed by atoms with van der Waals surface area (Å²) in [6.45, 7) is 3.64. The monoisotopic (exact) mass is 297 g/mol. The maximum Gasteiger partial charge on any atom is 0.161 e. The summed E-state index contributed by atoms with van der Waals surface area (Å²) in [6, 6.07) is 6.41. The van der Waals surface area contributed by atoms with Gasteiger partial charge >= 0.3 is 0 Å². The molecule has 2 unspecified atom stereocenters. The minimum absolute atomic E-state index is 0.252.